The lowest BCUT2D eigenvalue weighted by atomic mass is 10.0. The SMILES string of the molecule is O=C(Cc1noc2ccccc12)N1CCCC(N2CCNCC2=O)C1. The Morgan fingerprint density at radius 3 is 3.08 bits per heavy atom. The Kier molecular flexibility index (Phi) is 4.40. The summed E-state index contributed by atoms with van der Waals surface area (Å²) in [6, 6.07) is 7.70. The lowest BCUT2D eigenvalue weighted by molar-refractivity contribution is -0.140. The Hall–Kier alpha value is -2.41. The molecule has 1 N–H and O–H groups in total. The normalized spacial score (nSPS) is 21.8. The van der Waals surface area contributed by atoms with Crippen molar-refractivity contribution in [3.63, 3.8) is 0 Å². The van der Waals surface area contributed by atoms with Crippen LogP contribution < -0.4 is 5.32 Å². The maximum Gasteiger partial charge on any atom is 0.236 e. The second-order valence-electron chi connectivity index (χ2n) is 6.70. The van der Waals surface area contributed by atoms with E-state index in [4.69, 9.17) is 4.52 Å². The first-order valence-electron chi connectivity index (χ1n) is 8.83. The smallest absolute Gasteiger partial charge is 0.236 e. The predicted octanol–water partition coefficient (Wildman–Crippen LogP) is 0.793. The van der Waals surface area contributed by atoms with Gasteiger partial charge in [-0.15, -0.1) is 0 Å². The Labute approximate surface area is 145 Å². The topological polar surface area (TPSA) is 78.7 Å². The zero-order valence-electron chi connectivity index (χ0n) is 14.1. The summed E-state index contributed by atoms with van der Waals surface area (Å²) >= 11 is 0. The summed E-state index contributed by atoms with van der Waals surface area (Å²) in [7, 11) is 0. The number of hydrogen-bond donors (Lipinski definition) is 1. The number of likely N-dealkylation sites (tertiary alicyclic amines) is 1. The molecule has 1 aromatic carbocycles. The van der Waals surface area contributed by atoms with Crippen LogP contribution in [0.3, 0.4) is 0 Å². The van der Waals surface area contributed by atoms with Gasteiger partial charge in [0.05, 0.1) is 13.0 Å². The minimum absolute atomic E-state index is 0.0475. The van der Waals surface area contributed by atoms with Crippen molar-refractivity contribution in [2.45, 2.75) is 25.3 Å². The van der Waals surface area contributed by atoms with E-state index in [1.165, 1.54) is 0 Å². The van der Waals surface area contributed by atoms with Gasteiger partial charge in [-0.1, -0.05) is 17.3 Å². The average molecular weight is 342 g/mol. The molecule has 2 fully saturated rings. The lowest BCUT2D eigenvalue weighted by Crippen LogP contribution is -2.57. The van der Waals surface area contributed by atoms with E-state index >= 15 is 0 Å². The summed E-state index contributed by atoms with van der Waals surface area (Å²) in [5.74, 6) is 0.180. The van der Waals surface area contributed by atoms with Crippen molar-refractivity contribution >= 4 is 22.8 Å². The zero-order valence-corrected chi connectivity index (χ0v) is 14.1. The molecule has 2 aromatic rings. The number of aromatic nitrogens is 1. The van der Waals surface area contributed by atoms with Crippen LogP contribution in [0.2, 0.25) is 0 Å². The second kappa shape index (κ2) is 6.84. The van der Waals surface area contributed by atoms with Crippen LogP contribution in [0.25, 0.3) is 11.0 Å². The Morgan fingerprint density at radius 2 is 2.20 bits per heavy atom. The number of rotatable bonds is 3. The van der Waals surface area contributed by atoms with Crippen LogP contribution in [0.1, 0.15) is 18.5 Å². The molecule has 7 heteroatoms. The fraction of sp³-hybridized carbons (Fsp3) is 0.500. The van der Waals surface area contributed by atoms with Crippen molar-refractivity contribution in [3.05, 3.63) is 30.0 Å². The van der Waals surface area contributed by atoms with Gasteiger partial charge in [0.15, 0.2) is 5.58 Å². The first kappa shape index (κ1) is 16.1. The number of hydrogen-bond acceptors (Lipinski definition) is 5. The van der Waals surface area contributed by atoms with Crippen molar-refractivity contribution < 1.29 is 14.1 Å². The highest BCUT2D eigenvalue weighted by Gasteiger charge is 2.31. The van der Waals surface area contributed by atoms with Crippen LogP contribution >= 0.6 is 0 Å². The molecule has 2 amide bonds. The van der Waals surface area contributed by atoms with Gasteiger partial charge in [-0.25, -0.2) is 0 Å². The van der Waals surface area contributed by atoms with E-state index in [1.54, 1.807) is 0 Å². The maximum absolute atomic E-state index is 12.7. The van der Waals surface area contributed by atoms with E-state index in [9.17, 15) is 9.59 Å². The molecule has 2 aliphatic heterocycles. The van der Waals surface area contributed by atoms with E-state index in [-0.39, 0.29) is 24.3 Å². The van der Waals surface area contributed by atoms with Gasteiger partial charge < -0.3 is 19.6 Å². The van der Waals surface area contributed by atoms with E-state index < -0.39 is 0 Å². The molecule has 1 atom stereocenters. The number of para-hydroxylation sites is 1. The average Bonchev–Trinajstić information content (AvgIpc) is 3.05. The number of fused-ring (bicyclic) bond motifs is 1. The molecule has 1 unspecified atom stereocenters. The third kappa shape index (κ3) is 3.24. The van der Waals surface area contributed by atoms with Crippen LogP contribution in [0.5, 0.6) is 0 Å². The van der Waals surface area contributed by atoms with Gasteiger partial charge >= 0.3 is 0 Å². The van der Waals surface area contributed by atoms with E-state index in [0.29, 0.717) is 24.4 Å². The zero-order chi connectivity index (χ0) is 17.2. The predicted molar refractivity (Wildman–Crippen MR) is 91.9 cm³/mol. The molecule has 4 rings (SSSR count). The minimum atomic E-state index is 0.0475. The largest absolute Gasteiger partial charge is 0.356 e. The summed E-state index contributed by atoms with van der Waals surface area (Å²) in [6.45, 7) is 3.29. The molecule has 0 saturated carbocycles. The van der Waals surface area contributed by atoms with E-state index in [0.717, 1.165) is 37.9 Å². The van der Waals surface area contributed by atoms with Gasteiger partial charge in [-0.3, -0.25) is 9.59 Å². The Morgan fingerprint density at radius 1 is 1.32 bits per heavy atom. The third-order valence-electron chi connectivity index (χ3n) is 5.09. The second-order valence-corrected chi connectivity index (χ2v) is 6.70. The number of carbonyl (C=O) groups is 2. The molecule has 2 saturated heterocycles. The minimum Gasteiger partial charge on any atom is -0.356 e. The van der Waals surface area contributed by atoms with Crippen molar-refractivity contribution in [1.82, 2.24) is 20.3 Å². The van der Waals surface area contributed by atoms with Gasteiger partial charge in [0.2, 0.25) is 11.8 Å². The van der Waals surface area contributed by atoms with Crippen LogP contribution in [-0.4, -0.2) is 65.5 Å². The Balaban J connectivity index is 1.44. The quantitative estimate of drug-likeness (QED) is 0.892. The molecule has 25 heavy (non-hydrogen) atoms. The summed E-state index contributed by atoms with van der Waals surface area (Å²) in [5.41, 5.74) is 1.38. The highest BCUT2D eigenvalue weighted by atomic mass is 16.5. The molecule has 2 aliphatic rings. The maximum atomic E-state index is 12.7. The van der Waals surface area contributed by atoms with E-state index in [1.807, 2.05) is 34.1 Å². The number of nitrogens with zero attached hydrogens (tertiary/aromatic N) is 3. The van der Waals surface area contributed by atoms with Crippen LogP contribution in [-0.2, 0) is 16.0 Å². The van der Waals surface area contributed by atoms with Crippen molar-refractivity contribution in [2.75, 3.05) is 32.7 Å². The first-order valence-corrected chi connectivity index (χ1v) is 8.83. The molecule has 1 aromatic heterocycles. The fourth-order valence-corrected chi connectivity index (χ4v) is 3.76. The monoisotopic (exact) mass is 342 g/mol. The summed E-state index contributed by atoms with van der Waals surface area (Å²) < 4.78 is 5.29. The number of nitrogens with one attached hydrogen (secondary N) is 1. The van der Waals surface area contributed by atoms with Crippen molar-refractivity contribution in [2.24, 2.45) is 0 Å². The van der Waals surface area contributed by atoms with Crippen molar-refractivity contribution in [1.29, 1.82) is 0 Å². The summed E-state index contributed by atoms with van der Waals surface area (Å²) in [4.78, 5) is 28.7. The van der Waals surface area contributed by atoms with Gasteiger partial charge in [-0.2, -0.15) is 0 Å². The summed E-state index contributed by atoms with van der Waals surface area (Å²) in [5, 5.41) is 8.04. The number of carbonyl (C=O) groups excluding carboxylic acids is 2. The molecule has 0 aliphatic carbocycles. The molecular formula is C18H22N4O3. The van der Waals surface area contributed by atoms with Gasteiger partial charge in [-0.05, 0) is 25.0 Å². The number of piperazine rings is 1. The van der Waals surface area contributed by atoms with Gasteiger partial charge in [0, 0.05) is 37.6 Å². The summed E-state index contributed by atoms with van der Waals surface area (Å²) in [6.07, 6.45) is 2.12. The third-order valence-corrected chi connectivity index (χ3v) is 5.09. The van der Waals surface area contributed by atoms with Crippen molar-refractivity contribution in [3.8, 4) is 0 Å². The van der Waals surface area contributed by atoms with E-state index in [2.05, 4.69) is 10.5 Å². The van der Waals surface area contributed by atoms with Gasteiger partial charge in [0.25, 0.3) is 0 Å². The lowest BCUT2D eigenvalue weighted by Gasteiger charge is -2.41. The van der Waals surface area contributed by atoms with Gasteiger partial charge in [0.1, 0.15) is 5.69 Å². The molecular weight excluding hydrogens is 320 g/mol. The number of benzene rings is 1. The Bertz CT molecular complexity index is 787. The highest BCUT2D eigenvalue weighted by Crippen LogP contribution is 2.21. The molecule has 0 spiro atoms. The molecule has 7 nitrogen and oxygen atoms in total. The number of amides is 2. The molecule has 3 heterocycles. The highest BCUT2D eigenvalue weighted by molar-refractivity contribution is 5.86. The molecule has 132 valence electrons. The van der Waals surface area contributed by atoms with Crippen LogP contribution in [0.4, 0.5) is 0 Å². The molecule has 0 radical (unpaired) electrons. The first-order chi connectivity index (χ1) is 12.2. The standard InChI is InChI=1S/C18H22N4O3/c23-17(10-15-14-5-1-2-6-16(14)25-20-15)21-8-3-4-13(12-21)22-9-7-19-11-18(22)24/h1-2,5-6,13,19H,3-4,7-12H2. The van der Waals surface area contributed by atoms with Crippen LogP contribution in [0.15, 0.2) is 28.8 Å². The number of piperidine rings is 1. The fourth-order valence-electron chi connectivity index (χ4n) is 3.76. The molecule has 0 bridgehead atoms. The van der Waals surface area contributed by atoms with Crippen LogP contribution in [0, 0.1) is 0 Å².